The van der Waals surface area contributed by atoms with E-state index < -0.39 is 0 Å². The lowest BCUT2D eigenvalue weighted by Crippen LogP contribution is -2.36. The highest BCUT2D eigenvalue weighted by molar-refractivity contribution is 5.94. The fourth-order valence-corrected chi connectivity index (χ4v) is 1.06. The Balaban J connectivity index is 2.71. The van der Waals surface area contributed by atoms with E-state index in [0.29, 0.717) is 5.56 Å². The molecule has 0 fully saturated rings. The number of carbonyl (C=O) groups excluding carboxylic acids is 1. The molecule has 0 atom stereocenters. The van der Waals surface area contributed by atoms with Gasteiger partial charge < -0.3 is 5.32 Å². The van der Waals surface area contributed by atoms with Gasteiger partial charge in [0.2, 0.25) is 0 Å². The molecule has 2 N–H and O–H groups in total. The molecule has 0 saturated carbocycles. The first-order valence-electron chi connectivity index (χ1n) is 4.39. The van der Waals surface area contributed by atoms with Crippen molar-refractivity contribution in [1.29, 1.82) is 0 Å². The number of amides is 1. The van der Waals surface area contributed by atoms with E-state index in [-0.39, 0.29) is 5.91 Å². The molecule has 0 spiro atoms. The maximum Gasteiger partial charge on any atom is 0.265 e. The van der Waals surface area contributed by atoms with E-state index in [2.05, 4.69) is 10.7 Å². The van der Waals surface area contributed by atoms with Crippen LogP contribution in [0.3, 0.4) is 0 Å². The summed E-state index contributed by atoms with van der Waals surface area (Å²) in [6, 6.07) is 7.30. The number of hydrogen-bond acceptors (Lipinski definition) is 3. The quantitative estimate of drug-likeness (QED) is 0.702. The van der Waals surface area contributed by atoms with Gasteiger partial charge in [-0.25, -0.2) is 5.01 Å². The third-order valence-electron chi connectivity index (χ3n) is 1.76. The van der Waals surface area contributed by atoms with Gasteiger partial charge in [-0.15, -0.1) is 0 Å². The summed E-state index contributed by atoms with van der Waals surface area (Å²) in [6.07, 6.45) is 0. The van der Waals surface area contributed by atoms with E-state index in [1.807, 2.05) is 19.2 Å². The normalized spacial score (nSPS) is 10.0. The second-order valence-corrected chi connectivity index (χ2v) is 3.16. The van der Waals surface area contributed by atoms with Crippen LogP contribution in [0.2, 0.25) is 0 Å². The standard InChI is InChI=1S/C10H15N3O/c1-11-9-6-4-8(5-7-9)10(14)12-13(2)3/h4-7,11H,1-3H3,(H,12,14). The molecule has 1 rings (SSSR count). The van der Waals surface area contributed by atoms with Crippen LogP contribution in [-0.2, 0) is 0 Å². The van der Waals surface area contributed by atoms with Gasteiger partial charge in [-0.3, -0.25) is 10.2 Å². The van der Waals surface area contributed by atoms with E-state index in [0.717, 1.165) is 5.69 Å². The lowest BCUT2D eigenvalue weighted by atomic mass is 10.2. The Morgan fingerprint density at radius 3 is 2.21 bits per heavy atom. The van der Waals surface area contributed by atoms with Gasteiger partial charge in [-0.1, -0.05) is 0 Å². The highest BCUT2D eigenvalue weighted by atomic mass is 16.2. The fourth-order valence-electron chi connectivity index (χ4n) is 1.06. The number of benzene rings is 1. The topological polar surface area (TPSA) is 44.4 Å². The fraction of sp³-hybridized carbons (Fsp3) is 0.300. The molecule has 0 aliphatic rings. The van der Waals surface area contributed by atoms with Gasteiger partial charge in [-0.05, 0) is 24.3 Å². The molecule has 4 heteroatoms. The Bertz CT molecular complexity index is 306. The van der Waals surface area contributed by atoms with Crippen LogP contribution in [-0.4, -0.2) is 32.1 Å². The van der Waals surface area contributed by atoms with Crippen molar-refractivity contribution in [3.63, 3.8) is 0 Å². The molecule has 1 aromatic rings. The average Bonchev–Trinajstić information content (AvgIpc) is 2.17. The monoisotopic (exact) mass is 193 g/mol. The lowest BCUT2D eigenvalue weighted by Gasteiger charge is -2.11. The molecule has 1 amide bonds. The van der Waals surface area contributed by atoms with Crippen LogP contribution in [0.15, 0.2) is 24.3 Å². The zero-order valence-electron chi connectivity index (χ0n) is 8.66. The molecule has 14 heavy (non-hydrogen) atoms. The number of hydrazine groups is 1. The van der Waals surface area contributed by atoms with E-state index in [4.69, 9.17) is 0 Å². The van der Waals surface area contributed by atoms with Crippen molar-refractivity contribution in [3.05, 3.63) is 29.8 Å². The molecule has 0 radical (unpaired) electrons. The molecule has 0 bridgehead atoms. The zero-order valence-corrected chi connectivity index (χ0v) is 8.66. The summed E-state index contributed by atoms with van der Waals surface area (Å²) in [6.45, 7) is 0. The van der Waals surface area contributed by atoms with E-state index >= 15 is 0 Å². The van der Waals surface area contributed by atoms with Crippen LogP contribution in [0.5, 0.6) is 0 Å². The first-order valence-corrected chi connectivity index (χ1v) is 4.39. The SMILES string of the molecule is CNc1ccc(C(=O)NN(C)C)cc1. The first-order chi connectivity index (χ1) is 6.63. The van der Waals surface area contributed by atoms with Crippen LogP contribution >= 0.6 is 0 Å². The van der Waals surface area contributed by atoms with Gasteiger partial charge in [0.1, 0.15) is 0 Å². The summed E-state index contributed by atoms with van der Waals surface area (Å²) in [7, 11) is 5.40. The second-order valence-electron chi connectivity index (χ2n) is 3.16. The minimum atomic E-state index is -0.0994. The number of nitrogens with one attached hydrogen (secondary N) is 2. The zero-order chi connectivity index (χ0) is 10.6. The summed E-state index contributed by atoms with van der Waals surface area (Å²) in [4.78, 5) is 11.5. The van der Waals surface area contributed by atoms with Gasteiger partial charge in [0, 0.05) is 32.4 Å². The molecule has 0 unspecified atom stereocenters. The minimum absolute atomic E-state index is 0.0994. The summed E-state index contributed by atoms with van der Waals surface area (Å²) >= 11 is 0. The third kappa shape index (κ3) is 2.74. The molecule has 0 heterocycles. The Morgan fingerprint density at radius 1 is 1.21 bits per heavy atom. The molecule has 76 valence electrons. The number of nitrogens with zero attached hydrogens (tertiary/aromatic N) is 1. The molecule has 4 nitrogen and oxygen atoms in total. The van der Waals surface area contributed by atoms with Gasteiger partial charge in [0.25, 0.3) is 5.91 Å². The minimum Gasteiger partial charge on any atom is -0.388 e. The Morgan fingerprint density at radius 2 is 1.79 bits per heavy atom. The summed E-state index contributed by atoms with van der Waals surface area (Å²) in [5, 5.41) is 4.61. The third-order valence-corrected chi connectivity index (χ3v) is 1.76. The van der Waals surface area contributed by atoms with Crippen LogP contribution in [0.4, 0.5) is 5.69 Å². The summed E-state index contributed by atoms with van der Waals surface area (Å²) < 4.78 is 0. The molecule has 0 aromatic heterocycles. The predicted molar refractivity (Wildman–Crippen MR) is 57.1 cm³/mol. The lowest BCUT2D eigenvalue weighted by molar-refractivity contribution is 0.0857. The molecule has 0 aliphatic carbocycles. The van der Waals surface area contributed by atoms with Crippen LogP contribution in [0.1, 0.15) is 10.4 Å². The largest absolute Gasteiger partial charge is 0.388 e. The van der Waals surface area contributed by atoms with Crippen LogP contribution in [0.25, 0.3) is 0 Å². The highest BCUT2D eigenvalue weighted by Gasteiger charge is 2.04. The van der Waals surface area contributed by atoms with E-state index in [1.54, 1.807) is 31.2 Å². The smallest absolute Gasteiger partial charge is 0.265 e. The number of anilines is 1. The van der Waals surface area contributed by atoms with Crippen molar-refractivity contribution in [3.8, 4) is 0 Å². The Kier molecular flexibility index (Phi) is 3.48. The van der Waals surface area contributed by atoms with Crippen LogP contribution in [0, 0.1) is 0 Å². The van der Waals surface area contributed by atoms with E-state index in [9.17, 15) is 4.79 Å². The Hall–Kier alpha value is -1.55. The van der Waals surface area contributed by atoms with Crippen molar-refractivity contribution in [2.24, 2.45) is 0 Å². The Labute approximate surface area is 83.9 Å². The molecule has 0 saturated heterocycles. The first kappa shape index (κ1) is 10.5. The summed E-state index contributed by atoms with van der Waals surface area (Å²) in [5.74, 6) is -0.0994. The molecular weight excluding hydrogens is 178 g/mol. The predicted octanol–water partition coefficient (Wildman–Crippen LogP) is 0.935. The molecule has 0 aliphatic heterocycles. The molecular formula is C10H15N3O. The van der Waals surface area contributed by atoms with Crippen molar-refractivity contribution in [1.82, 2.24) is 10.4 Å². The second kappa shape index (κ2) is 4.62. The maximum atomic E-state index is 11.5. The summed E-state index contributed by atoms with van der Waals surface area (Å²) in [5.41, 5.74) is 4.31. The number of rotatable bonds is 3. The van der Waals surface area contributed by atoms with Crippen molar-refractivity contribution >= 4 is 11.6 Å². The van der Waals surface area contributed by atoms with Gasteiger partial charge in [0.15, 0.2) is 0 Å². The van der Waals surface area contributed by atoms with Crippen molar-refractivity contribution in [2.75, 3.05) is 26.5 Å². The average molecular weight is 193 g/mol. The van der Waals surface area contributed by atoms with Crippen molar-refractivity contribution < 1.29 is 4.79 Å². The van der Waals surface area contributed by atoms with E-state index in [1.165, 1.54) is 0 Å². The van der Waals surface area contributed by atoms with Crippen LogP contribution < -0.4 is 10.7 Å². The maximum absolute atomic E-state index is 11.5. The van der Waals surface area contributed by atoms with Crippen molar-refractivity contribution in [2.45, 2.75) is 0 Å². The van der Waals surface area contributed by atoms with Gasteiger partial charge in [-0.2, -0.15) is 0 Å². The highest BCUT2D eigenvalue weighted by Crippen LogP contribution is 2.08. The number of hydrogen-bond donors (Lipinski definition) is 2. The number of carbonyl (C=O) groups is 1. The van der Waals surface area contributed by atoms with Gasteiger partial charge >= 0.3 is 0 Å². The van der Waals surface area contributed by atoms with Gasteiger partial charge in [0.05, 0.1) is 0 Å². The molecule has 1 aromatic carbocycles.